The highest BCUT2D eigenvalue weighted by molar-refractivity contribution is 5.85. The molecular formula is C26H19N3O4. The summed E-state index contributed by atoms with van der Waals surface area (Å²) in [5.74, 6) is 1.26. The van der Waals surface area contributed by atoms with Gasteiger partial charge in [0.05, 0.1) is 18.6 Å². The lowest BCUT2D eigenvalue weighted by Crippen LogP contribution is -2.40. The molecule has 0 amide bonds. The first-order chi connectivity index (χ1) is 16.2. The van der Waals surface area contributed by atoms with Crippen LogP contribution in [0.3, 0.4) is 0 Å². The number of pyridine rings is 1. The Morgan fingerprint density at radius 3 is 2.61 bits per heavy atom. The van der Waals surface area contributed by atoms with Crippen LogP contribution < -0.4 is 20.7 Å². The monoisotopic (exact) mass is 437 g/mol. The summed E-state index contributed by atoms with van der Waals surface area (Å²) in [6, 6.07) is 23.0. The summed E-state index contributed by atoms with van der Waals surface area (Å²) in [7, 11) is 0. The minimum Gasteiger partial charge on any atom is -0.454 e. The van der Waals surface area contributed by atoms with Gasteiger partial charge in [0.2, 0.25) is 6.79 Å². The quantitative estimate of drug-likeness (QED) is 0.430. The van der Waals surface area contributed by atoms with Crippen molar-refractivity contribution in [1.82, 2.24) is 14.1 Å². The molecular weight excluding hydrogens is 418 g/mol. The minimum atomic E-state index is -0.414. The van der Waals surface area contributed by atoms with Gasteiger partial charge in [0.1, 0.15) is 0 Å². The predicted molar refractivity (Wildman–Crippen MR) is 125 cm³/mol. The van der Waals surface area contributed by atoms with Crippen LogP contribution in [0.4, 0.5) is 0 Å². The average molecular weight is 437 g/mol. The van der Waals surface area contributed by atoms with Crippen molar-refractivity contribution in [2.24, 2.45) is 0 Å². The van der Waals surface area contributed by atoms with E-state index in [0.29, 0.717) is 23.6 Å². The number of aromatic nitrogens is 3. The second kappa shape index (κ2) is 7.63. The Kier molecular flexibility index (Phi) is 4.47. The van der Waals surface area contributed by atoms with E-state index in [2.05, 4.69) is 4.98 Å². The molecule has 0 fully saturated rings. The molecule has 2 aromatic heterocycles. The first-order valence-electron chi connectivity index (χ1n) is 10.6. The zero-order valence-corrected chi connectivity index (χ0v) is 17.6. The van der Waals surface area contributed by atoms with Gasteiger partial charge in [0, 0.05) is 6.20 Å². The summed E-state index contributed by atoms with van der Waals surface area (Å²) < 4.78 is 13.7. The Hall–Kier alpha value is -4.39. The van der Waals surface area contributed by atoms with E-state index in [9.17, 15) is 9.59 Å². The maximum atomic E-state index is 13.6. The molecule has 0 radical (unpaired) electrons. The Labute approximate surface area is 188 Å². The molecule has 1 aliphatic heterocycles. The summed E-state index contributed by atoms with van der Waals surface area (Å²) in [5, 5.41) is 2.16. The number of ether oxygens (including phenoxy) is 2. The maximum absolute atomic E-state index is 13.6. The smallest absolute Gasteiger partial charge is 0.332 e. The maximum Gasteiger partial charge on any atom is 0.332 e. The highest BCUT2D eigenvalue weighted by atomic mass is 16.7. The number of rotatable bonds is 4. The van der Waals surface area contributed by atoms with Gasteiger partial charge in [-0.2, -0.15) is 0 Å². The highest BCUT2D eigenvalue weighted by Gasteiger charge is 2.18. The van der Waals surface area contributed by atoms with Gasteiger partial charge in [-0.1, -0.05) is 48.5 Å². The van der Waals surface area contributed by atoms with E-state index in [1.54, 1.807) is 35.0 Å². The molecule has 0 N–H and O–H groups in total. The summed E-state index contributed by atoms with van der Waals surface area (Å²) in [5.41, 5.74) is 1.74. The Bertz CT molecular complexity index is 1650. The summed E-state index contributed by atoms with van der Waals surface area (Å²) >= 11 is 0. The molecule has 0 unspecified atom stereocenters. The molecule has 5 aromatic rings. The van der Waals surface area contributed by atoms with Crippen molar-refractivity contribution in [3.8, 4) is 11.5 Å². The molecule has 0 saturated heterocycles. The molecule has 0 atom stereocenters. The van der Waals surface area contributed by atoms with E-state index in [4.69, 9.17) is 9.47 Å². The number of fused-ring (bicyclic) bond motifs is 3. The van der Waals surface area contributed by atoms with Gasteiger partial charge in [-0.05, 0) is 46.2 Å². The van der Waals surface area contributed by atoms with Crippen LogP contribution in [0.5, 0.6) is 11.5 Å². The topological polar surface area (TPSA) is 75.4 Å². The summed E-state index contributed by atoms with van der Waals surface area (Å²) in [6.45, 7) is 0.594. The van der Waals surface area contributed by atoms with Gasteiger partial charge >= 0.3 is 5.69 Å². The zero-order chi connectivity index (χ0) is 22.4. The first kappa shape index (κ1) is 19.3. The Morgan fingerprint density at radius 2 is 1.67 bits per heavy atom. The van der Waals surface area contributed by atoms with Crippen LogP contribution in [0.2, 0.25) is 0 Å². The van der Waals surface area contributed by atoms with Crippen LogP contribution in [-0.2, 0) is 13.1 Å². The second-order valence-electron chi connectivity index (χ2n) is 7.96. The molecule has 0 spiro atoms. The third kappa shape index (κ3) is 3.25. The van der Waals surface area contributed by atoms with Crippen LogP contribution >= 0.6 is 0 Å². The van der Waals surface area contributed by atoms with Gasteiger partial charge in [-0.15, -0.1) is 0 Å². The van der Waals surface area contributed by atoms with Gasteiger partial charge in [0.25, 0.3) is 5.56 Å². The van der Waals surface area contributed by atoms with Gasteiger partial charge in [0.15, 0.2) is 17.0 Å². The van der Waals surface area contributed by atoms with E-state index in [-0.39, 0.29) is 24.5 Å². The minimum absolute atomic E-state index is 0.107. The molecule has 3 heterocycles. The third-order valence-electron chi connectivity index (χ3n) is 5.97. The predicted octanol–water partition coefficient (Wildman–Crippen LogP) is 3.54. The molecule has 0 aliphatic carbocycles. The second-order valence-corrected chi connectivity index (χ2v) is 7.96. The van der Waals surface area contributed by atoms with E-state index in [0.717, 1.165) is 21.9 Å². The normalized spacial score (nSPS) is 12.5. The van der Waals surface area contributed by atoms with Crippen molar-refractivity contribution in [2.75, 3.05) is 6.79 Å². The van der Waals surface area contributed by atoms with Crippen LogP contribution in [0.15, 0.2) is 88.6 Å². The van der Waals surface area contributed by atoms with Gasteiger partial charge in [-0.3, -0.25) is 13.9 Å². The molecule has 0 saturated carbocycles. The molecule has 33 heavy (non-hydrogen) atoms. The van der Waals surface area contributed by atoms with E-state index in [1.807, 2.05) is 48.5 Å². The standard InChI is InChI=1S/C26H19N3O4/c30-25-24-21(9-4-12-27-24)28(15-19-7-3-6-18-5-1-2-8-20(18)19)26(31)29(25)14-17-10-11-22-23(13-17)33-16-32-22/h1-13H,14-16H2. The van der Waals surface area contributed by atoms with Crippen molar-refractivity contribution in [1.29, 1.82) is 0 Å². The van der Waals surface area contributed by atoms with Gasteiger partial charge in [-0.25, -0.2) is 9.78 Å². The van der Waals surface area contributed by atoms with Gasteiger partial charge < -0.3 is 9.47 Å². The third-order valence-corrected chi connectivity index (χ3v) is 5.97. The van der Waals surface area contributed by atoms with E-state index in [1.165, 1.54) is 4.57 Å². The molecule has 162 valence electrons. The largest absolute Gasteiger partial charge is 0.454 e. The summed E-state index contributed by atoms with van der Waals surface area (Å²) in [4.78, 5) is 31.2. The van der Waals surface area contributed by atoms with Crippen molar-refractivity contribution in [2.45, 2.75) is 13.1 Å². The van der Waals surface area contributed by atoms with Crippen molar-refractivity contribution >= 4 is 21.8 Å². The SMILES string of the molecule is O=c1c2ncccc2n(Cc2cccc3ccccc23)c(=O)n1Cc1ccc2c(c1)OCO2. The van der Waals surface area contributed by atoms with Crippen LogP contribution in [0.1, 0.15) is 11.1 Å². The Balaban J connectivity index is 1.52. The zero-order valence-electron chi connectivity index (χ0n) is 17.6. The fourth-order valence-corrected chi connectivity index (χ4v) is 4.36. The highest BCUT2D eigenvalue weighted by Crippen LogP contribution is 2.32. The lowest BCUT2D eigenvalue weighted by Gasteiger charge is -2.15. The summed E-state index contributed by atoms with van der Waals surface area (Å²) in [6.07, 6.45) is 1.57. The number of nitrogens with zero attached hydrogens (tertiary/aromatic N) is 3. The molecule has 1 aliphatic rings. The van der Waals surface area contributed by atoms with Crippen LogP contribution in [0, 0.1) is 0 Å². The lowest BCUT2D eigenvalue weighted by atomic mass is 10.0. The van der Waals surface area contributed by atoms with Crippen molar-refractivity contribution < 1.29 is 9.47 Å². The fraction of sp³-hybridized carbons (Fsp3) is 0.115. The van der Waals surface area contributed by atoms with E-state index < -0.39 is 5.56 Å². The molecule has 7 nitrogen and oxygen atoms in total. The first-order valence-corrected chi connectivity index (χ1v) is 10.6. The Morgan fingerprint density at radius 1 is 0.818 bits per heavy atom. The van der Waals surface area contributed by atoms with Crippen molar-refractivity contribution in [3.05, 3.63) is 111 Å². The number of hydrogen-bond donors (Lipinski definition) is 0. The molecule has 6 rings (SSSR count). The molecule has 3 aromatic carbocycles. The van der Waals surface area contributed by atoms with E-state index >= 15 is 0 Å². The number of benzene rings is 3. The van der Waals surface area contributed by atoms with Crippen LogP contribution in [0.25, 0.3) is 21.8 Å². The van der Waals surface area contributed by atoms with Crippen LogP contribution in [-0.4, -0.2) is 20.9 Å². The fourth-order valence-electron chi connectivity index (χ4n) is 4.36. The lowest BCUT2D eigenvalue weighted by molar-refractivity contribution is 0.174. The average Bonchev–Trinajstić information content (AvgIpc) is 3.32. The molecule has 7 heteroatoms. The number of hydrogen-bond acceptors (Lipinski definition) is 5. The molecule has 0 bridgehead atoms. The van der Waals surface area contributed by atoms with Crippen molar-refractivity contribution in [3.63, 3.8) is 0 Å².